The number of carbonyl (C=O) groups excluding carboxylic acids is 1. The molecule has 0 aromatic heterocycles. The minimum absolute atomic E-state index is 0.253. The zero-order chi connectivity index (χ0) is 13.8. The molecule has 19 heavy (non-hydrogen) atoms. The van der Waals surface area contributed by atoms with Crippen molar-refractivity contribution in [3.63, 3.8) is 0 Å². The summed E-state index contributed by atoms with van der Waals surface area (Å²) in [6.45, 7) is 1.63. The van der Waals surface area contributed by atoms with Gasteiger partial charge in [-0.25, -0.2) is 4.39 Å². The summed E-state index contributed by atoms with van der Waals surface area (Å²) in [6.07, 6.45) is 0. The maximum atomic E-state index is 13.4. The summed E-state index contributed by atoms with van der Waals surface area (Å²) in [4.78, 5) is 12.0. The van der Waals surface area contributed by atoms with Crippen LogP contribution in [0.3, 0.4) is 0 Å². The average molecular weight is 258 g/mol. The van der Waals surface area contributed by atoms with Crippen molar-refractivity contribution in [2.75, 3.05) is 17.7 Å². The van der Waals surface area contributed by atoms with E-state index in [0.717, 1.165) is 5.69 Å². The molecule has 2 N–H and O–H groups in total. The summed E-state index contributed by atoms with van der Waals surface area (Å²) < 4.78 is 13.4. The van der Waals surface area contributed by atoms with E-state index in [0.29, 0.717) is 16.8 Å². The topological polar surface area (TPSA) is 41.1 Å². The van der Waals surface area contributed by atoms with Crippen LogP contribution in [0.1, 0.15) is 15.9 Å². The van der Waals surface area contributed by atoms with E-state index in [2.05, 4.69) is 10.6 Å². The van der Waals surface area contributed by atoms with Crippen LogP contribution in [-0.4, -0.2) is 13.0 Å². The lowest BCUT2D eigenvalue weighted by Gasteiger charge is -2.09. The first-order valence-electron chi connectivity index (χ1n) is 5.96. The fourth-order valence-electron chi connectivity index (χ4n) is 1.73. The molecule has 4 heteroatoms. The minimum Gasteiger partial charge on any atom is -0.388 e. The first-order valence-corrected chi connectivity index (χ1v) is 5.96. The average Bonchev–Trinajstić information content (AvgIpc) is 2.44. The highest BCUT2D eigenvalue weighted by Crippen LogP contribution is 2.18. The normalized spacial score (nSPS) is 10.1. The van der Waals surface area contributed by atoms with Crippen LogP contribution in [0.2, 0.25) is 0 Å². The van der Waals surface area contributed by atoms with Crippen molar-refractivity contribution in [1.82, 2.24) is 0 Å². The van der Waals surface area contributed by atoms with Crippen LogP contribution in [0.25, 0.3) is 0 Å². The second kappa shape index (κ2) is 5.52. The Bertz CT molecular complexity index is 594. The molecule has 2 aromatic rings. The van der Waals surface area contributed by atoms with Crippen LogP contribution in [-0.2, 0) is 0 Å². The van der Waals surface area contributed by atoms with E-state index in [-0.39, 0.29) is 11.7 Å². The molecular weight excluding hydrogens is 243 g/mol. The molecule has 0 aliphatic rings. The van der Waals surface area contributed by atoms with Crippen molar-refractivity contribution in [3.8, 4) is 0 Å². The smallest absolute Gasteiger partial charge is 0.255 e. The lowest BCUT2D eigenvalue weighted by molar-refractivity contribution is 0.102. The second-order valence-electron chi connectivity index (χ2n) is 4.19. The quantitative estimate of drug-likeness (QED) is 0.885. The van der Waals surface area contributed by atoms with Gasteiger partial charge in [0, 0.05) is 29.5 Å². The van der Waals surface area contributed by atoms with Gasteiger partial charge in [0.05, 0.1) is 0 Å². The maximum Gasteiger partial charge on any atom is 0.255 e. The minimum atomic E-state index is -0.330. The Balaban J connectivity index is 2.18. The Kier molecular flexibility index (Phi) is 3.80. The molecule has 3 nitrogen and oxygen atoms in total. The number of hydrogen-bond donors (Lipinski definition) is 2. The second-order valence-corrected chi connectivity index (χ2v) is 4.19. The SMILES string of the molecule is CNc1ccc(C(=O)Nc2cccc(F)c2C)cc1. The lowest BCUT2D eigenvalue weighted by atomic mass is 10.1. The standard InChI is InChI=1S/C15H15FN2O/c1-10-13(16)4-3-5-14(10)18-15(19)11-6-8-12(17-2)9-7-11/h3-9,17H,1-2H3,(H,18,19). The molecule has 0 aliphatic heterocycles. The van der Waals surface area contributed by atoms with E-state index in [4.69, 9.17) is 0 Å². The van der Waals surface area contributed by atoms with Crippen molar-refractivity contribution >= 4 is 17.3 Å². The Hall–Kier alpha value is -2.36. The molecule has 2 rings (SSSR count). The largest absolute Gasteiger partial charge is 0.388 e. The van der Waals surface area contributed by atoms with Gasteiger partial charge in [-0.05, 0) is 43.3 Å². The molecule has 0 saturated heterocycles. The molecule has 0 aliphatic carbocycles. The zero-order valence-corrected chi connectivity index (χ0v) is 10.8. The summed E-state index contributed by atoms with van der Waals surface area (Å²) in [7, 11) is 1.81. The fourth-order valence-corrected chi connectivity index (χ4v) is 1.73. The van der Waals surface area contributed by atoms with E-state index in [9.17, 15) is 9.18 Å². The number of anilines is 2. The molecular formula is C15H15FN2O. The highest BCUT2D eigenvalue weighted by molar-refractivity contribution is 6.04. The molecule has 0 spiro atoms. The van der Waals surface area contributed by atoms with Gasteiger partial charge in [0.1, 0.15) is 5.82 Å². The van der Waals surface area contributed by atoms with Gasteiger partial charge in [-0.1, -0.05) is 6.07 Å². The Morgan fingerprint density at radius 3 is 2.42 bits per heavy atom. The van der Waals surface area contributed by atoms with E-state index < -0.39 is 0 Å². The van der Waals surface area contributed by atoms with Crippen molar-refractivity contribution in [3.05, 3.63) is 59.4 Å². The molecule has 1 amide bonds. The molecule has 98 valence electrons. The number of nitrogens with one attached hydrogen (secondary N) is 2. The van der Waals surface area contributed by atoms with Gasteiger partial charge in [0.15, 0.2) is 0 Å². The Morgan fingerprint density at radius 1 is 1.11 bits per heavy atom. The molecule has 0 saturated carbocycles. The van der Waals surface area contributed by atoms with Gasteiger partial charge in [0.25, 0.3) is 5.91 Å². The number of benzene rings is 2. The number of amides is 1. The van der Waals surface area contributed by atoms with Crippen molar-refractivity contribution < 1.29 is 9.18 Å². The molecule has 0 atom stereocenters. The number of carbonyl (C=O) groups is 1. The van der Waals surface area contributed by atoms with E-state index in [1.165, 1.54) is 6.07 Å². The van der Waals surface area contributed by atoms with Gasteiger partial charge in [0.2, 0.25) is 0 Å². The van der Waals surface area contributed by atoms with Crippen LogP contribution >= 0.6 is 0 Å². The predicted octanol–water partition coefficient (Wildman–Crippen LogP) is 3.43. The zero-order valence-electron chi connectivity index (χ0n) is 10.8. The first-order chi connectivity index (χ1) is 9.11. The van der Waals surface area contributed by atoms with Crippen LogP contribution < -0.4 is 10.6 Å². The molecule has 0 bridgehead atoms. The van der Waals surface area contributed by atoms with Gasteiger partial charge >= 0.3 is 0 Å². The fraction of sp³-hybridized carbons (Fsp3) is 0.133. The highest BCUT2D eigenvalue weighted by Gasteiger charge is 2.09. The highest BCUT2D eigenvalue weighted by atomic mass is 19.1. The van der Waals surface area contributed by atoms with Crippen molar-refractivity contribution in [1.29, 1.82) is 0 Å². The summed E-state index contributed by atoms with van der Waals surface area (Å²) in [5.74, 6) is -0.584. The summed E-state index contributed by atoms with van der Waals surface area (Å²) in [6, 6.07) is 11.7. The van der Waals surface area contributed by atoms with E-state index >= 15 is 0 Å². The van der Waals surface area contributed by atoms with Crippen LogP contribution in [0.5, 0.6) is 0 Å². The van der Waals surface area contributed by atoms with Gasteiger partial charge < -0.3 is 10.6 Å². The van der Waals surface area contributed by atoms with Crippen molar-refractivity contribution in [2.24, 2.45) is 0 Å². The number of hydrogen-bond acceptors (Lipinski definition) is 2. The van der Waals surface area contributed by atoms with Crippen LogP contribution in [0, 0.1) is 12.7 Å². The molecule has 0 heterocycles. The van der Waals surface area contributed by atoms with Crippen LogP contribution in [0.4, 0.5) is 15.8 Å². The monoisotopic (exact) mass is 258 g/mol. The first kappa shape index (κ1) is 13.1. The molecule has 0 fully saturated rings. The van der Waals surface area contributed by atoms with Gasteiger partial charge in [-0.2, -0.15) is 0 Å². The summed E-state index contributed by atoms with van der Waals surface area (Å²) in [5, 5.41) is 5.68. The third-order valence-corrected chi connectivity index (χ3v) is 2.95. The van der Waals surface area contributed by atoms with Crippen molar-refractivity contribution in [2.45, 2.75) is 6.92 Å². The third-order valence-electron chi connectivity index (χ3n) is 2.95. The number of rotatable bonds is 3. The van der Waals surface area contributed by atoms with Gasteiger partial charge in [-0.15, -0.1) is 0 Å². The third kappa shape index (κ3) is 2.91. The maximum absolute atomic E-state index is 13.4. The predicted molar refractivity (Wildman–Crippen MR) is 75.1 cm³/mol. The van der Waals surface area contributed by atoms with E-state index in [1.54, 1.807) is 31.2 Å². The van der Waals surface area contributed by atoms with Gasteiger partial charge in [-0.3, -0.25) is 4.79 Å². The Morgan fingerprint density at radius 2 is 1.79 bits per heavy atom. The lowest BCUT2D eigenvalue weighted by Crippen LogP contribution is -2.13. The summed E-state index contributed by atoms with van der Waals surface area (Å²) >= 11 is 0. The Labute approximate surface area is 111 Å². The summed E-state index contributed by atoms with van der Waals surface area (Å²) in [5.41, 5.74) is 2.38. The van der Waals surface area contributed by atoms with Crippen LogP contribution in [0.15, 0.2) is 42.5 Å². The molecule has 2 aromatic carbocycles. The number of halogens is 1. The molecule has 0 unspecified atom stereocenters. The molecule has 0 radical (unpaired) electrons. The van der Waals surface area contributed by atoms with E-state index in [1.807, 2.05) is 19.2 Å².